The molecule has 8 bridgehead atoms. The Morgan fingerprint density at radius 1 is 0.625 bits per heavy atom. The van der Waals surface area contributed by atoms with Crippen molar-refractivity contribution in [3.8, 4) is 0 Å². The number of hydrogen-bond donors (Lipinski definition) is 2. The van der Waals surface area contributed by atoms with Gasteiger partial charge in [0, 0.05) is 28.1 Å². The first-order valence-corrected chi connectivity index (χ1v) is 7.76. The summed E-state index contributed by atoms with van der Waals surface area (Å²) in [6.45, 7) is 0. The van der Waals surface area contributed by atoms with Crippen molar-refractivity contribution in [2.45, 2.75) is 0 Å². The fraction of sp³-hybridized carbons (Fsp3) is 0. The Labute approximate surface area is 138 Å². The van der Waals surface area contributed by atoms with E-state index in [1.807, 2.05) is 66.8 Å². The summed E-state index contributed by atoms with van der Waals surface area (Å²) in [6.07, 6.45) is 8.03. The highest BCUT2D eigenvalue weighted by Crippen LogP contribution is 2.16. The fourth-order valence-electron chi connectivity index (χ4n) is 2.87. The molecule has 0 fully saturated rings. The molecule has 2 aliphatic rings. The van der Waals surface area contributed by atoms with Gasteiger partial charge in [0.15, 0.2) is 0 Å². The second-order valence-electron chi connectivity index (χ2n) is 5.82. The van der Waals surface area contributed by atoms with Crippen LogP contribution in [0.4, 0.5) is 0 Å². The van der Waals surface area contributed by atoms with Crippen LogP contribution in [0.2, 0.25) is 0 Å². The first kappa shape index (κ1) is 13.1. The molecule has 0 amide bonds. The number of aromatic nitrogens is 4. The van der Waals surface area contributed by atoms with Crippen molar-refractivity contribution in [1.82, 2.24) is 19.9 Å². The fourth-order valence-corrected chi connectivity index (χ4v) is 2.87. The van der Waals surface area contributed by atoms with Crippen molar-refractivity contribution in [1.29, 1.82) is 0 Å². The van der Waals surface area contributed by atoms with Crippen molar-refractivity contribution in [3.63, 3.8) is 0 Å². The molecule has 3 aromatic heterocycles. The summed E-state index contributed by atoms with van der Waals surface area (Å²) in [4.78, 5) is 15.9. The van der Waals surface area contributed by atoms with Crippen LogP contribution in [-0.4, -0.2) is 19.9 Å². The lowest BCUT2D eigenvalue weighted by molar-refractivity contribution is 1.31. The zero-order valence-electron chi connectivity index (χ0n) is 12.7. The maximum Gasteiger partial charge on any atom is 0.0658 e. The lowest BCUT2D eigenvalue weighted by Gasteiger charge is -1.85. The highest BCUT2D eigenvalue weighted by atomic mass is 14.8. The quantitative estimate of drug-likeness (QED) is 0.444. The predicted octanol–water partition coefficient (Wildman–Crippen LogP) is 4.46. The molecule has 4 heteroatoms. The van der Waals surface area contributed by atoms with Gasteiger partial charge in [0.05, 0.1) is 22.8 Å². The molecule has 3 aromatic rings. The zero-order chi connectivity index (χ0) is 15.9. The summed E-state index contributed by atoms with van der Waals surface area (Å²) in [7, 11) is 0. The molecular weight excluding hydrogens is 296 g/mol. The third kappa shape index (κ3) is 2.44. The van der Waals surface area contributed by atoms with E-state index in [2.05, 4.69) is 26.0 Å². The van der Waals surface area contributed by atoms with Crippen LogP contribution in [0.15, 0.2) is 42.5 Å². The average molecular weight is 309 g/mol. The van der Waals surface area contributed by atoms with Crippen LogP contribution in [0.3, 0.4) is 0 Å². The Bertz CT molecular complexity index is 984. The van der Waals surface area contributed by atoms with Gasteiger partial charge in [-0.25, -0.2) is 9.97 Å². The molecule has 0 unspecified atom stereocenters. The molecular formula is C20H13N4. The molecule has 24 heavy (non-hydrogen) atoms. The van der Waals surface area contributed by atoms with Gasteiger partial charge >= 0.3 is 0 Å². The van der Waals surface area contributed by atoms with E-state index in [4.69, 9.17) is 0 Å². The maximum atomic E-state index is 4.62. The third-order valence-electron chi connectivity index (χ3n) is 3.96. The number of nitrogens with zero attached hydrogens (tertiary/aromatic N) is 2. The van der Waals surface area contributed by atoms with Gasteiger partial charge in [-0.1, -0.05) is 0 Å². The van der Waals surface area contributed by atoms with Gasteiger partial charge < -0.3 is 9.97 Å². The van der Waals surface area contributed by atoms with Crippen LogP contribution in [0.25, 0.3) is 46.4 Å². The maximum absolute atomic E-state index is 4.62. The second-order valence-corrected chi connectivity index (χ2v) is 5.82. The van der Waals surface area contributed by atoms with E-state index in [0.717, 1.165) is 44.8 Å². The van der Waals surface area contributed by atoms with E-state index in [9.17, 15) is 0 Å². The SMILES string of the molecule is [c]1cc2cc3nc(cc4ccc(cc5nc(cc1[nH]2)C=C5)[nH]4)C=C3. The smallest absolute Gasteiger partial charge is 0.0658 e. The molecule has 0 spiro atoms. The molecule has 4 nitrogen and oxygen atoms in total. The minimum atomic E-state index is 0.901. The second kappa shape index (κ2) is 5.06. The summed E-state index contributed by atoms with van der Waals surface area (Å²) in [6, 6.07) is 17.3. The van der Waals surface area contributed by atoms with Crippen molar-refractivity contribution in [3.05, 3.63) is 71.3 Å². The normalized spacial score (nSPS) is 12.7. The Hall–Kier alpha value is -3.40. The number of H-pyrrole nitrogens is 2. The summed E-state index contributed by atoms with van der Waals surface area (Å²) in [5.41, 5.74) is 7.59. The third-order valence-corrected chi connectivity index (χ3v) is 3.96. The van der Waals surface area contributed by atoms with Gasteiger partial charge in [-0.2, -0.15) is 0 Å². The van der Waals surface area contributed by atoms with Crippen molar-refractivity contribution >= 4 is 46.4 Å². The summed E-state index contributed by atoms with van der Waals surface area (Å²) < 4.78 is 0. The van der Waals surface area contributed by atoms with Gasteiger partial charge in [0.2, 0.25) is 0 Å². The molecule has 113 valence electrons. The minimum absolute atomic E-state index is 0.901. The lowest BCUT2D eigenvalue weighted by Crippen LogP contribution is -1.75. The Kier molecular flexibility index (Phi) is 2.76. The molecule has 0 saturated carbocycles. The predicted molar refractivity (Wildman–Crippen MR) is 97.7 cm³/mol. The summed E-state index contributed by atoms with van der Waals surface area (Å²) >= 11 is 0. The van der Waals surface area contributed by atoms with E-state index < -0.39 is 0 Å². The van der Waals surface area contributed by atoms with Gasteiger partial charge in [0.1, 0.15) is 0 Å². The van der Waals surface area contributed by atoms with E-state index in [1.54, 1.807) is 0 Å². The van der Waals surface area contributed by atoms with Crippen molar-refractivity contribution < 1.29 is 0 Å². The zero-order valence-corrected chi connectivity index (χ0v) is 12.7. The lowest BCUT2D eigenvalue weighted by atomic mass is 10.3. The molecule has 1 radical (unpaired) electrons. The standard InChI is InChI=1S/C20H13N4/c1-2-14-10-16-5-6-18(23-16)12-20-8-7-19(24-20)11-17-4-3-15(22-17)9-13(1)21-14/h1-7,9-12,21,24H. The highest BCUT2D eigenvalue weighted by molar-refractivity contribution is 5.77. The molecule has 0 saturated heterocycles. The molecule has 5 rings (SSSR count). The van der Waals surface area contributed by atoms with Gasteiger partial charge in [-0.15, -0.1) is 0 Å². The van der Waals surface area contributed by atoms with Gasteiger partial charge in [-0.3, -0.25) is 0 Å². The Morgan fingerprint density at radius 3 is 1.79 bits per heavy atom. The highest BCUT2D eigenvalue weighted by Gasteiger charge is 2.01. The average Bonchev–Trinajstić information content (AvgIpc) is 3.32. The van der Waals surface area contributed by atoms with Gasteiger partial charge in [0.25, 0.3) is 0 Å². The monoisotopic (exact) mass is 309 g/mol. The number of rotatable bonds is 0. The van der Waals surface area contributed by atoms with E-state index in [1.165, 1.54) is 0 Å². The largest absolute Gasteiger partial charge is 0.355 e. The first-order chi connectivity index (χ1) is 11.8. The molecule has 0 aromatic carbocycles. The number of aromatic amines is 2. The molecule has 0 aliphatic carbocycles. The van der Waals surface area contributed by atoms with Crippen LogP contribution in [0.5, 0.6) is 0 Å². The first-order valence-electron chi connectivity index (χ1n) is 7.76. The van der Waals surface area contributed by atoms with Crippen LogP contribution >= 0.6 is 0 Å². The van der Waals surface area contributed by atoms with Crippen LogP contribution in [0.1, 0.15) is 22.8 Å². The Morgan fingerprint density at radius 2 is 1.17 bits per heavy atom. The summed E-state index contributed by atoms with van der Waals surface area (Å²) in [5, 5.41) is 0. The number of fused-ring (bicyclic) bond motifs is 8. The van der Waals surface area contributed by atoms with Crippen LogP contribution in [0, 0.1) is 6.07 Å². The number of hydrogen-bond acceptors (Lipinski definition) is 2. The molecule has 0 atom stereocenters. The molecule has 2 N–H and O–H groups in total. The van der Waals surface area contributed by atoms with Crippen molar-refractivity contribution in [2.75, 3.05) is 0 Å². The topological polar surface area (TPSA) is 57.4 Å². The number of nitrogens with one attached hydrogen (secondary N) is 2. The van der Waals surface area contributed by atoms with E-state index >= 15 is 0 Å². The molecule has 5 heterocycles. The molecule has 2 aliphatic heterocycles. The van der Waals surface area contributed by atoms with E-state index in [-0.39, 0.29) is 0 Å². The minimum Gasteiger partial charge on any atom is -0.355 e. The van der Waals surface area contributed by atoms with Crippen molar-refractivity contribution in [2.24, 2.45) is 0 Å². The summed E-state index contributed by atoms with van der Waals surface area (Å²) in [5.74, 6) is 0. The van der Waals surface area contributed by atoms with Crippen LogP contribution < -0.4 is 0 Å². The van der Waals surface area contributed by atoms with E-state index in [0.29, 0.717) is 0 Å². The van der Waals surface area contributed by atoms with Gasteiger partial charge in [-0.05, 0) is 66.8 Å². The van der Waals surface area contributed by atoms with Crippen LogP contribution in [-0.2, 0) is 0 Å². The Balaban J connectivity index is 1.85.